The van der Waals surface area contributed by atoms with Crippen molar-refractivity contribution in [2.45, 2.75) is 38.0 Å². The highest BCUT2D eigenvalue weighted by Crippen LogP contribution is 2.38. The van der Waals surface area contributed by atoms with Crippen molar-refractivity contribution < 1.29 is 13.5 Å². The summed E-state index contributed by atoms with van der Waals surface area (Å²) in [6.07, 6.45) is 5.99. The molecule has 0 unspecified atom stereocenters. The molecule has 2 aliphatic rings. The van der Waals surface area contributed by atoms with E-state index in [0.29, 0.717) is 41.1 Å². The van der Waals surface area contributed by atoms with Gasteiger partial charge in [0.15, 0.2) is 10.8 Å². The van der Waals surface area contributed by atoms with Crippen LogP contribution in [-0.2, 0) is 4.74 Å². The number of halogens is 2. The molecule has 0 amide bonds. The molecule has 0 N–H and O–H groups in total. The van der Waals surface area contributed by atoms with E-state index in [1.54, 1.807) is 0 Å². The molecule has 0 bridgehead atoms. The normalized spacial score (nSPS) is 20.5. The molecule has 1 aliphatic heterocycles. The van der Waals surface area contributed by atoms with Gasteiger partial charge < -0.3 is 14.5 Å². The number of nitrogens with zero attached hydrogens (tertiary/aromatic N) is 7. The van der Waals surface area contributed by atoms with E-state index < -0.39 is 11.6 Å². The standard InChI is InChI=1S/C24H25F2N7OS/c1-13-10-32(12-19(34-13)14-9-27-33(11-14)16-5-6-16)23-28-20(17-7-4-15(25)8-18(17)26)21-22(29-23)30-24(35-21)31(2)3/h4,7-9,11,13,16,19H,5-6,10,12H2,1-3H3/t13-,19-/m1/s1. The van der Waals surface area contributed by atoms with E-state index in [0.717, 1.165) is 29.6 Å². The Morgan fingerprint density at radius 1 is 1.11 bits per heavy atom. The number of hydrogen-bond donors (Lipinski definition) is 0. The Labute approximate surface area is 205 Å². The fraction of sp³-hybridized carbons (Fsp3) is 0.417. The third-order valence-electron chi connectivity index (χ3n) is 6.26. The van der Waals surface area contributed by atoms with Gasteiger partial charge in [0.25, 0.3) is 0 Å². The summed E-state index contributed by atoms with van der Waals surface area (Å²) in [4.78, 5) is 18.1. The highest BCUT2D eigenvalue weighted by Gasteiger charge is 2.32. The van der Waals surface area contributed by atoms with Crippen LogP contribution in [0, 0.1) is 11.6 Å². The Morgan fingerprint density at radius 2 is 1.94 bits per heavy atom. The van der Waals surface area contributed by atoms with Crippen molar-refractivity contribution in [3.05, 3.63) is 47.8 Å². The largest absolute Gasteiger partial charge is 0.367 e. The molecule has 0 spiro atoms. The minimum absolute atomic E-state index is 0.0731. The van der Waals surface area contributed by atoms with Crippen LogP contribution in [0.15, 0.2) is 30.6 Å². The van der Waals surface area contributed by atoms with Gasteiger partial charge in [-0.15, -0.1) is 0 Å². The molecule has 1 saturated carbocycles. The summed E-state index contributed by atoms with van der Waals surface area (Å²) < 4.78 is 37.4. The molecule has 1 aromatic carbocycles. The molecule has 182 valence electrons. The first-order chi connectivity index (χ1) is 16.9. The Balaban J connectivity index is 1.41. The van der Waals surface area contributed by atoms with Gasteiger partial charge >= 0.3 is 0 Å². The molecule has 1 aliphatic carbocycles. The lowest BCUT2D eigenvalue weighted by molar-refractivity contribution is -0.0178. The maximum Gasteiger partial charge on any atom is 0.228 e. The van der Waals surface area contributed by atoms with Crippen LogP contribution in [-0.4, -0.2) is 58.0 Å². The lowest BCUT2D eigenvalue weighted by atomic mass is 10.1. The summed E-state index contributed by atoms with van der Waals surface area (Å²) in [5.41, 5.74) is 2.13. The van der Waals surface area contributed by atoms with Crippen molar-refractivity contribution in [2.24, 2.45) is 0 Å². The second-order valence-corrected chi connectivity index (χ2v) is 10.3. The quantitative estimate of drug-likeness (QED) is 0.399. The second kappa shape index (κ2) is 8.49. The number of benzene rings is 1. The smallest absolute Gasteiger partial charge is 0.228 e. The summed E-state index contributed by atoms with van der Waals surface area (Å²) in [7, 11) is 3.78. The number of aromatic nitrogens is 5. The number of rotatable bonds is 5. The van der Waals surface area contributed by atoms with Gasteiger partial charge in [0, 0.05) is 44.0 Å². The zero-order chi connectivity index (χ0) is 24.3. The van der Waals surface area contributed by atoms with Crippen molar-refractivity contribution in [3.63, 3.8) is 0 Å². The molecule has 8 nitrogen and oxygen atoms in total. The second-order valence-electron chi connectivity index (χ2n) is 9.37. The molecule has 1 saturated heterocycles. The first-order valence-corrected chi connectivity index (χ1v) is 12.4. The van der Waals surface area contributed by atoms with Crippen LogP contribution in [0.4, 0.5) is 19.9 Å². The predicted octanol–water partition coefficient (Wildman–Crippen LogP) is 4.60. The zero-order valence-corrected chi connectivity index (χ0v) is 20.5. The van der Waals surface area contributed by atoms with Crippen LogP contribution in [0.2, 0.25) is 0 Å². The Hall–Kier alpha value is -3.18. The number of ether oxygens (including phenoxy) is 1. The van der Waals surface area contributed by atoms with Crippen LogP contribution < -0.4 is 9.80 Å². The van der Waals surface area contributed by atoms with Gasteiger partial charge in [0.05, 0.1) is 30.6 Å². The van der Waals surface area contributed by atoms with E-state index in [9.17, 15) is 8.78 Å². The molecular formula is C24H25F2N7OS. The van der Waals surface area contributed by atoms with E-state index in [1.165, 1.54) is 23.5 Å². The fourth-order valence-corrected chi connectivity index (χ4v) is 5.29. The van der Waals surface area contributed by atoms with Gasteiger partial charge in [-0.25, -0.2) is 13.8 Å². The van der Waals surface area contributed by atoms with E-state index in [-0.39, 0.29) is 17.8 Å². The Morgan fingerprint density at radius 3 is 2.69 bits per heavy atom. The number of hydrogen-bond acceptors (Lipinski definition) is 8. The maximum absolute atomic E-state index is 14.9. The lowest BCUT2D eigenvalue weighted by Crippen LogP contribution is -2.43. The zero-order valence-electron chi connectivity index (χ0n) is 19.7. The Kier molecular flexibility index (Phi) is 5.41. The molecule has 4 heterocycles. The molecule has 6 rings (SSSR count). The van der Waals surface area contributed by atoms with Crippen LogP contribution >= 0.6 is 11.3 Å². The average Bonchev–Trinajstić information content (AvgIpc) is 3.38. The monoisotopic (exact) mass is 497 g/mol. The van der Waals surface area contributed by atoms with Crippen molar-refractivity contribution >= 4 is 32.8 Å². The molecule has 4 aromatic rings. The molecule has 0 radical (unpaired) electrons. The minimum atomic E-state index is -0.670. The summed E-state index contributed by atoms with van der Waals surface area (Å²) in [6, 6.07) is 4.03. The topological polar surface area (TPSA) is 72.2 Å². The van der Waals surface area contributed by atoms with Crippen LogP contribution in [0.5, 0.6) is 0 Å². The molecule has 2 atom stereocenters. The molecule has 3 aromatic heterocycles. The van der Waals surface area contributed by atoms with E-state index in [1.807, 2.05) is 41.7 Å². The van der Waals surface area contributed by atoms with Crippen LogP contribution in [0.3, 0.4) is 0 Å². The maximum atomic E-state index is 14.9. The van der Waals surface area contributed by atoms with Crippen LogP contribution in [0.1, 0.15) is 37.5 Å². The molecule has 35 heavy (non-hydrogen) atoms. The minimum Gasteiger partial charge on any atom is -0.367 e. The third kappa shape index (κ3) is 4.23. The van der Waals surface area contributed by atoms with Gasteiger partial charge in [-0.3, -0.25) is 4.68 Å². The van der Waals surface area contributed by atoms with Gasteiger partial charge in [-0.1, -0.05) is 11.3 Å². The average molecular weight is 498 g/mol. The van der Waals surface area contributed by atoms with E-state index >= 15 is 0 Å². The van der Waals surface area contributed by atoms with Crippen molar-refractivity contribution in [1.82, 2.24) is 24.7 Å². The highest BCUT2D eigenvalue weighted by atomic mass is 32.1. The number of morpholine rings is 1. The molecular weight excluding hydrogens is 472 g/mol. The van der Waals surface area contributed by atoms with E-state index in [4.69, 9.17) is 14.7 Å². The number of anilines is 2. The van der Waals surface area contributed by atoms with Crippen molar-refractivity contribution in [3.8, 4) is 11.3 Å². The third-order valence-corrected chi connectivity index (χ3v) is 7.48. The van der Waals surface area contributed by atoms with Gasteiger partial charge in [-0.05, 0) is 31.9 Å². The summed E-state index contributed by atoms with van der Waals surface area (Å²) in [6.45, 7) is 3.12. The fourth-order valence-electron chi connectivity index (χ4n) is 4.35. The van der Waals surface area contributed by atoms with Gasteiger partial charge in [0.1, 0.15) is 22.4 Å². The van der Waals surface area contributed by atoms with Crippen LogP contribution in [0.25, 0.3) is 21.6 Å². The number of fused-ring (bicyclic) bond motifs is 1. The Bertz CT molecular complexity index is 1400. The summed E-state index contributed by atoms with van der Waals surface area (Å²) in [5.74, 6) is -0.857. The molecule has 2 fully saturated rings. The van der Waals surface area contributed by atoms with Gasteiger partial charge in [0.2, 0.25) is 5.95 Å². The highest BCUT2D eigenvalue weighted by molar-refractivity contribution is 7.22. The first-order valence-electron chi connectivity index (χ1n) is 11.6. The summed E-state index contributed by atoms with van der Waals surface area (Å²) >= 11 is 1.38. The molecule has 11 heteroatoms. The lowest BCUT2D eigenvalue weighted by Gasteiger charge is -2.36. The SMILES string of the molecule is C[C@@H]1CN(c2nc(-c3ccc(F)cc3F)c3sc(N(C)C)nc3n2)C[C@H](c2cnn(C3CC3)c2)O1. The van der Waals surface area contributed by atoms with E-state index in [2.05, 4.69) is 16.3 Å². The number of thiazole rings is 1. The van der Waals surface area contributed by atoms with Gasteiger partial charge in [-0.2, -0.15) is 15.1 Å². The first kappa shape index (κ1) is 22.3. The van der Waals surface area contributed by atoms with Crippen molar-refractivity contribution in [1.29, 1.82) is 0 Å². The van der Waals surface area contributed by atoms with Crippen molar-refractivity contribution in [2.75, 3.05) is 37.0 Å². The predicted molar refractivity (Wildman–Crippen MR) is 131 cm³/mol. The summed E-state index contributed by atoms with van der Waals surface area (Å²) in [5, 5.41) is 5.24.